The van der Waals surface area contributed by atoms with Crippen molar-refractivity contribution in [1.82, 2.24) is 0 Å². The molecular weight excluding hydrogens is 373 g/mol. The molecule has 5 nitrogen and oxygen atoms in total. The van der Waals surface area contributed by atoms with Crippen molar-refractivity contribution < 1.29 is 23.5 Å². The molecule has 1 amide bonds. The monoisotopic (exact) mass is 391 g/mol. The first-order valence-corrected chi connectivity index (χ1v) is 8.73. The highest BCUT2D eigenvalue weighted by atomic mass is 35.5. The molecule has 0 saturated heterocycles. The van der Waals surface area contributed by atoms with E-state index in [4.69, 9.17) is 16.3 Å². The molecule has 0 bridgehead atoms. The van der Waals surface area contributed by atoms with Gasteiger partial charge in [0.05, 0.1) is 0 Å². The van der Waals surface area contributed by atoms with Gasteiger partial charge in [-0.2, -0.15) is 0 Å². The summed E-state index contributed by atoms with van der Waals surface area (Å²) in [6.45, 7) is 1.44. The van der Waals surface area contributed by atoms with Gasteiger partial charge in [0.15, 0.2) is 12.4 Å². The van der Waals surface area contributed by atoms with Crippen LogP contribution in [0.15, 0.2) is 42.5 Å². The zero-order chi connectivity index (χ0) is 19.8. The number of ketones is 1. The number of benzene rings is 2. The van der Waals surface area contributed by atoms with Gasteiger partial charge >= 0.3 is 5.97 Å². The van der Waals surface area contributed by atoms with E-state index in [9.17, 15) is 18.8 Å². The fourth-order valence-corrected chi connectivity index (χ4v) is 2.41. The van der Waals surface area contributed by atoms with Crippen LogP contribution < -0.4 is 5.32 Å². The minimum atomic E-state index is -0.573. The third-order valence-electron chi connectivity index (χ3n) is 3.77. The molecule has 0 saturated carbocycles. The summed E-state index contributed by atoms with van der Waals surface area (Å²) in [6.07, 6.45) is 0.431. The van der Waals surface area contributed by atoms with Crippen molar-refractivity contribution in [3.8, 4) is 0 Å². The van der Waals surface area contributed by atoms with Crippen LogP contribution in [0.4, 0.5) is 10.1 Å². The number of Topliss-reactive ketones (excluding diaryl/α,β-unsaturated/α-hetero) is 1. The number of carbonyl (C=O) groups excluding carboxylic acids is 3. The Balaban J connectivity index is 1.67. The number of nitrogens with one attached hydrogen (secondary N) is 1. The normalized spacial score (nSPS) is 10.3. The molecule has 142 valence electrons. The lowest BCUT2D eigenvalue weighted by Crippen LogP contribution is -2.15. The molecule has 0 heterocycles. The minimum absolute atomic E-state index is 0.0127. The standard InChI is InChI=1S/C20H19ClFNO4/c1-13-5-10-16(11-17(13)21)23-19(25)3-2-4-20(26)27-12-18(24)14-6-8-15(22)9-7-14/h5-11H,2-4,12H2,1H3,(H,23,25). The number of esters is 1. The van der Waals surface area contributed by atoms with E-state index < -0.39 is 24.2 Å². The van der Waals surface area contributed by atoms with Crippen molar-refractivity contribution in [2.75, 3.05) is 11.9 Å². The average molecular weight is 392 g/mol. The first-order valence-electron chi connectivity index (χ1n) is 8.35. The third-order valence-corrected chi connectivity index (χ3v) is 4.18. The summed E-state index contributed by atoms with van der Waals surface area (Å²) < 4.78 is 17.7. The van der Waals surface area contributed by atoms with Gasteiger partial charge in [-0.15, -0.1) is 0 Å². The van der Waals surface area contributed by atoms with Crippen molar-refractivity contribution in [1.29, 1.82) is 0 Å². The lowest BCUT2D eigenvalue weighted by molar-refractivity contribution is -0.142. The molecule has 27 heavy (non-hydrogen) atoms. The Morgan fingerprint density at radius 3 is 2.44 bits per heavy atom. The van der Waals surface area contributed by atoms with Crippen molar-refractivity contribution in [3.63, 3.8) is 0 Å². The molecule has 0 aliphatic heterocycles. The van der Waals surface area contributed by atoms with Crippen molar-refractivity contribution in [2.24, 2.45) is 0 Å². The number of halogens is 2. The second kappa shape index (κ2) is 9.83. The van der Waals surface area contributed by atoms with Gasteiger partial charge in [-0.05, 0) is 55.3 Å². The molecule has 0 radical (unpaired) electrons. The number of ether oxygens (including phenoxy) is 1. The van der Waals surface area contributed by atoms with E-state index in [0.717, 1.165) is 17.7 Å². The lowest BCUT2D eigenvalue weighted by atomic mass is 10.1. The minimum Gasteiger partial charge on any atom is -0.457 e. The van der Waals surface area contributed by atoms with Crippen LogP contribution in [0.25, 0.3) is 0 Å². The number of amides is 1. The molecule has 0 aliphatic rings. The van der Waals surface area contributed by atoms with Crippen LogP contribution in [0.5, 0.6) is 0 Å². The van der Waals surface area contributed by atoms with E-state index in [1.54, 1.807) is 18.2 Å². The van der Waals surface area contributed by atoms with Gasteiger partial charge in [-0.1, -0.05) is 17.7 Å². The Morgan fingerprint density at radius 2 is 1.78 bits per heavy atom. The highest BCUT2D eigenvalue weighted by Gasteiger charge is 2.11. The average Bonchev–Trinajstić information content (AvgIpc) is 2.63. The van der Waals surface area contributed by atoms with Gasteiger partial charge in [0, 0.05) is 29.1 Å². The highest BCUT2D eigenvalue weighted by molar-refractivity contribution is 6.31. The molecule has 0 aliphatic carbocycles. The van der Waals surface area contributed by atoms with Crippen LogP contribution in [0.1, 0.15) is 35.2 Å². The molecule has 7 heteroatoms. The molecular formula is C20H19ClFNO4. The summed E-state index contributed by atoms with van der Waals surface area (Å²) in [7, 11) is 0. The van der Waals surface area contributed by atoms with E-state index in [-0.39, 0.29) is 30.7 Å². The van der Waals surface area contributed by atoms with Crippen LogP contribution in [-0.2, 0) is 14.3 Å². The van der Waals surface area contributed by atoms with E-state index in [1.807, 2.05) is 6.92 Å². The van der Waals surface area contributed by atoms with Crippen molar-refractivity contribution >= 4 is 34.9 Å². The van der Waals surface area contributed by atoms with Gasteiger partial charge < -0.3 is 10.1 Å². The van der Waals surface area contributed by atoms with Crippen molar-refractivity contribution in [3.05, 3.63) is 64.4 Å². The second-order valence-corrected chi connectivity index (χ2v) is 6.36. The van der Waals surface area contributed by atoms with E-state index >= 15 is 0 Å². The lowest BCUT2D eigenvalue weighted by Gasteiger charge is -2.07. The first kappa shape index (κ1) is 20.6. The van der Waals surface area contributed by atoms with Crippen LogP contribution in [-0.4, -0.2) is 24.3 Å². The van der Waals surface area contributed by atoms with Gasteiger partial charge in [-0.25, -0.2) is 4.39 Å². The maximum absolute atomic E-state index is 12.8. The Bertz CT molecular complexity index is 836. The molecule has 1 N–H and O–H groups in total. The maximum atomic E-state index is 12.8. The van der Waals surface area contributed by atoms with Gasteiger partial charge in [0.1, 0.15) is 5.82 Å². The summed E-state index contributed by atoms with van der Waals surface area (Å²) in [5.74, 6) is -1.69. The number of aryl methyl sites for hydroxylation is 1. The number of carbonyl (C=O) groups is 3. The number of anilines is 1. The molecule has 0 aromatic heterocycles. The number of rotatable bonds is 8. The molecule has 0 atom stereocenters. The maximum Gasteiger partial charge on any atom is 0.306 e. The zero-order valence-corrected chi connectivity index (χ0v) is 15.5. The number of hydrogen-bond donors (Lipinski definition) is 1. The fourth-order valence-electron chi connectivity index (χ4n) is 2.22. The molecule has 2 aromatic rings. The highest BCUT2D eigenvalue weighted by Crippen LogP contribution is 2.20. The SMILES string of the molecule is Cc1ccc(NC(=O)CCCC(=O)OCC(=O)c2ccc(F)cc2)cc1Cl. The molecule has 0 unspecified atom stereocenters. The second-order valence-electron chi connectivity index (χ2n) is 5.96. The van der Waals surface area contributed by atoms with Crippen LogP contribution in [0.2, 0.25) is 5.02 Å². The fraction of sp³-hybridized carbons (Fsp3) is 0.250. The predicted octanol–water partition coefficient (Wildman–Crippen LogP) is 4.32. The number of hydrogen-bond acceptors (Lipinski definition) is 4. The molecule has 0 spiro atoms. The molecule has 0 fully saturated rings. The largest absolute Gasteiger partial charge is 0.457 e. The Labute approximate surface area is 161 Å². The first-order chi connectivity index (χ1) is 12.8. The van der Waals surface area contributed by atoms with E-state index in [0.29, 0.717) is 10.7 Å². The Hall–Kier alpha value is -2.73. The van der Waals surface area contributed by atoms with Gasteiger partial charge in [-0.3, -0.25) is 14.4 Å². The predicted molar refractivity (Wildman–Crippen MR) is 100 cm³/mol. The van der Waals surface area contributed by atoms with Gasteiger partial charge in [0.2, 0.25) is 5.91 Å². The molecule has 2 aromatic carbocycles. The van der Waals surface area contributed by atoms with Crippen LogP contribution in [0, 0.1) is 12.7 Å². The van der Waals surface area contributed by atoms with Crippen molar-refractivity contribution in [2.45, 2.75) is 26.2 Å². The Morgan fingerprint density at radius 1 is 1.07 bits per heavy atom. The van der Waals surface area contributed by atoms with Gasteiger partial charge in [0.25, 0.3) is 0 Å². The summed E-state index contributed by atoms with van der Waals surface area (Å²) in [5.41, 5.74) is 1.76. The quantitative estimate of drug-likeness (QED) is 0.537. The zero-order valence-electron chi connectivity index (χ0n) is 14.8. The Kier molecular flexibility index (Phi) is 7.49. The third kappa shape index (κ3) is 6.83. The smallest absolute Gasteiger partial charge is 0.306 e. The summed E-state index contributed by atoms with van der Waals surface area (Å²) in [4.78, 5) is 35.4. The van der Waals surface area contributed by atoms with E-state index in [2.05, 4.69) is 5.32 Å². The van der Waals surface area contributed by atoms with E-state index in [1.165, 1.54) is 12.1 Å². The van der Waals surface area contributed by atoms with Crippen LogP contribution in [0.3, 0.4) is 0 Å². The topological polar surface area (TPSA) is 72.5 Å². The summed E-state index contributed by atoms with van der Waals surface area (Å²) in [5, 5.41) is 3.26. The summed E-state index contributed by atoms with van der Waals surface area (Å²) in [6, 6.07) is 10.2. The summed E-state index contributed by atoms with van der Waals surface area (Å²) >= 11 is 6.00. The van der Waals surface area contributed by atoms with Crippen LogP contribution >= 0.6 is 11.6 Å². The molecule has 2 rings (SSSR count).